The molecule has 4 heteroatoms. The first-order valence-electron chi connectivity index (χ1n) is 7.74. The quantitative estimate of drug-likeness (QED) is 0.687. The van der Waals surface area contributed by atoms with E-state index in [0.29, 0.717) is 13.0 Å². The van der Waals surface area contributed by atoms with E-state index in [-0.39, 0.29) is 6.09 Å². The van der Waals surface area contributed by atoms with Crippen molar-refractivity contribution in [2.75, 3.05) is 13.6 Å². The lowest BCUT2D eigenvalue weighted by Gasteiger charge is -2.28. The fourth-order valence-electron chi connectivity index (χ4n) is 1.90. The normalized spacial score (nSPS) is 14.8. The zero-order valence-corrected chi connectivity index (χ0v) is 14.2. The third-order valence-corrected chi connectivity index (χ3v) is 3.26. The summed E-state index contributed by atoms with van der Waals surface area (Å²) in [6.45, 7) is 10.1. The molecule has 0 saturated heterocycles. The molecule has 1 N–H and O–H groups in total. The van der Waals surface area contributed by atoms with E-state index in [1.165, 1.54) is 17.7 Å². The number of hydrogen-bond acceptors (Lipinski definition) is 3. The average molecular weight is 287 g/mol. The summed E-state index contributed by atoms with van der Waals surface area (Å²) in [6.07, 6.45) is 5.65. The van der Waals surface area contributed by atoms with Crippen LogP contribution in [0.4, 0.5) is 4.79 Å². The van der Waals surface area contributed by atoms with Crippen LogP contribution in [0.15, 0.2) is 0 Å². The van der Waals surface area contributed by atoms with Gasteiger partial charge in [-0.15, -0.1) is 0 Å². The summed E-state index contributed by atoms with van der Waals surface area (Å²) in [4.78, 5) is 13.3. The third kappa shape index (κ3) is 10.1. The molecule has 0 aromatic rings. The molecular weight excluding hydrogens is 254 g/mol. The van der Waals surface area contributed by atoms with Gasteiger partial charge in [0.2, 0.25) is 0 Å². The molecule has 1 atom stereocenters. The fraction of sp³-hybridized carbons (Fsp3) is 0.938. The molecule has 0 bridgehead atoms. The maximum absolute atomic E-state index is 11.8. The van der Waals surface area contributed by atoms with Gasteiger partial charge < -0.3 is 14.7 Å². The van der Waals surface area contributed by atoms with E-state index < -0.39 is 11.2 Å². The Balaban J connectivity index is 4.02. The SMILES string of the molecule is CCCCCCC(C)(O)CCN(C)C(=O)OC(C)(C)C. The van der Waals surface area contributed by atoms with Gasteiger partial charge >= 0.3 is 6.09 Å². The Kier molecular flexibility index (Phi) is 8.17. The standard InChI is InChI=1S/C16H33NO3/c1-7-8-9-10-11-16(5,19)12-13-17(6)14(18)20-15(2,3)4/h19H,7-13H2,1-6H3. The van der Waals surface area contributed by atoms with Gasteiger partial charge in [-0.1, -0.05) is 32.6 Å². The van der Waals surface area contributed by atoms with Crippen LogP contribution >= 0.6 is 0 Å². The van der Waals surface area contributed by atoms with Gasteiger partial charge in [-0.2, -0.15) is 0 Å². The van der Waals surface area contributed by atoms with Crippen molar-refractivity contribution in [3.05, 3.63) is 0 Å². The van der Waals surface area contributed by atoms with Gasteiger partial charge in [-0.05, 0) is 40.5 Å². The molecule has 4 nitrogen and oxygen atoms in total. The molecule has 0 fully saturated rings. The van der Waals surface area contributed by atoms with Crippen LogP contribution < -0.4 is 0 Å². The first-order chi connectivity index (χ1) is 9.07. The van der Waals surface area contributed by atoms with Crippen molar-refractivity contribution in [3.8, 4) is 0 Å². The van der Waals surface area contributed by atoms with E-state index >= 15 is 0 Å². The second-order valence-electron chi connectivity index (χ2n) is 6.96. The first-order valence-corrected chi connectivity index (χ1v) is 7.74. The molecule has 1 unspecified atom stereocenters. The summed E-state index contributed by atoms with van der Waals surface area (Å²) in [5, 5.41) is 10.3. The predicted molar refractivity (Wildman–Crippen MR) is 82.9 cm³/mol. The Morgan fingerprint density at radius 1 is 1.10 bits per heavy atom. The average Bonchev–Trinajstić information content (AvgIpc) is 2.29. The Labute approximate surface area is 124 Å². The van der Waals surface area contributed by atoms with Crippen LogP contribution in [0.1, 0.15) is 73.1 Å². The van der Waals surface area contributed by atoms with Crippen LogP contribution in [0, 0.1) is 0 Å². The van der Waals surface area contributed by atoms with Gasteiger partial charge in [-0.25, -0.2) is 4.79 Å². The summed E-state index contributed by atoms with van der Waals surface area (Å²) in [7, 11) is 1.71. The van der Waals surface area contributed by atoms with Gasteiger partial charge in [0.15, 0.2) is 0 Å². The van der Waals surface area contributed by atoms with Crippen LogP contribution in [-0.4, -0.2) is 40.9 Å². The van der Waals surface area contributed by atoms with Gasteiger partial charge in [0, 0.05) is 13.6 Å². The molecule has 0 radical (unpaired) electrons. The van der Waals surface area contributed by atoms with Gasteiger partial charge in [0.05, 0.1) is 5.60 Å². The maximum atomic E-state index is 11.8. The van der Waals surface area contributed by atoms with Crippen molar-refractivity contribution < 1.29 is 14.6 Å². The number of rotatable bonds is 8. The Morgan fingerprint density at radius 2 is 1.70 bits per heavy atom. The third-order valence-electron chi connectivity index (χ3n) is 3.26. The number of nitrogens with zero attached hydrogens (tertiary/aromatic N) is 1. The maximum Gasteiger partial charge on any atom is 0.410 e. The minimum Gasteiger partial charge on any atom is -0.444 e. The minimum atomic E-state index is -0.704. The van der Waals surface area contributed by atoms with E-state index in [9.17, 15) is 9.90 Å². The van der Waals surface area contributed by atoms with Crippen LogP contribution in [0.25, 0.3) is 0 Å². The molecule has 0 saturated carbocycles. The molecule has 0 aliphatic heterocycles. The number of ether oxygens (including phenoxy) is 1. The zero-order valence-electron chi connectivity index (χ0n) is 14.2. The predicted octanol–water partition coefficient (Wildman–Crippen LogP) is 3.96. The topological polar surface area (TPSA) is 49.8 Å². The monoisotopic (exact) mass is 287 g/mol. The molecule has 0 spiro atoms. The first kappa shape index (κ1) is 19.2. The highest BCUT2D eigenvalue weighted by molar-refractivity contribution is 5.67. The van der Waals surface area contributed by atoms with Crippen molar-refractivity contribution in [2.24, 2.45) is 0 Å². The molecule has 1 amide bonds. The lowest BCUT2D eigenvalue weighted by atomic mass is 9.94. The summed E-state index contributed by atoms with van der Waals surface area (Å²) < 4.78 is 5.28. The molecule has 20 heavy (non-hydrogen) atoms. The number of amides is 1. The molecule has 0 aromatic carbocycles. The van der Waals surface area contributed by atoms with Gasteiger partial charge in [0.1, 0.15) is 5.60 Å². The highest BCUT2D eigenvalue weighted by Crippen LogP contribution is 2.19. The Morgan fingerprint density at radius 3 is 2.20 bits per heavy atom. The van der Waals surface area contributed by atoms with E-state index in [1.54, 1.807) is 7.05 Å². The molecule has 0 rings (SSSR count). The highest BCUT2D eigenvalue weighted by atomic mass is 16.6. The van der Waals surface area contributed by atoms with E-state index in [1.807, 2.05) is 27.7 Å². The van der Waals surface area contributed by atoms with Crippen molar-refractivity contribution in [1.29, 1.82) is 0 Å². The summed E-state index contributed by atoms with van der Waals surface area (Å²) in [5.74, 6) is 0. The van der Waals surface area contributed by atoms with E-state index in [2.05, 4.69) is 6.92 Å². The van der Waals surface area contributed by atoms with Crippen molar-refractivity contribution in [2.45, 2.75) is 84.3 Å². The second kappa shape index (κ2) is 8.50. The summed E-state index contributed by atoms with van der Waals surface area (Å²) in [5.41, 5.74) is -1.18. The lowest BCUT2D eigenvalue weighted by molar-refractivity contribution is 0.0126. The highest BCUT2D eigenvalue weighted by Gasteiger charge is 2.24. The minimum absolute atomic E-state index is 0.334. The number of aliphatic hydroxyl groups is 1. The second-order valence-corrected chi connectivity index (χ2v) is 6.96. The molecule has 0 aliphatic carbocycles. The molecule has 0 aliphatic rings. The summed E-state index contributed by atoms with van der Waals surface area (Å²) >= 11 is 0. The van der Waals surface area contributed by atoms with Crippen molar-refractivity contribution in [1.82, 2.24) is 4.90 Å². The number of unbranched alkanes of at least 4 members (excludes halogenated alkanes) is 3. The van der Waals surface area contributed by atoms with Crippen molar-refractivity contribution >= 4 is 6.09 Å². The summed E-state index contributed by atoms with van der Waals surface area (Å²) in [6, 6.07) is 0. The molecule has 0 aromatic heterocycles. The smallest absolute Gasteiger partial charge is 0.410 e. The van der Waals surface area contributed by atoms with Crippen LogP contribution in [0.3, 0.4) is 0 Å². The number of hydrogen-bond donors (Lipinski definition) is 1. The molecule has 0 heterocycles. The zero-order chi connectivity index (χ0) is 15.8. The van der Waals surface area contributed by atoms with Gasteiger partial charge in [-0.3, -0.25) is 0 Å². The largest absolute Gasteiger partial charge is 0.444 e. The van der Waals surface area contributed by atoms with Crippen LogP contribution in [-0.2, 0) is 4.74 Å². The van der Waals surface area contributed by atoms with Crippen LogP contribution in [0.5, 0.6) is 0 Å². The number of carbonyl (C=O) groups is 1. The van der Waals surface area contributed by atoms with E-state index in [4.69, 9.17) is 4.74 Å². The molecular formula is C16H33NO3. The van der Waals surface area contributed by atoms with Crippen molar-refractivity contribution in [3.63, 3.8) is 0 Å². The molecule has 120 valence electrons. The Hall–Kier alpha value is -0.770. The van der Waals surface area contributed by atoms with Gasteiger partial charge in [0.25, 0.3) is 0 Å². The van der Waals surface area contributed by atoms with E-state index in [0.717, 1.165) is 19.3 Å². The lowest BCUT2D eigenvalue weighted by Crippen LogP contribution is -2.37. The Bertz CT molecular complexity index is 282. The number of carbonyl (C=O) groups excluding carboxylic acids is 1. The fourth-order valence-corrected chi connectivity index (χ4v) is 1.90. The van der Waals surface area contributed by atoms with Crippen LogP contribution in [0.2, 0.25) is 0 Å².